The van der Waals surface area contributed by atoms with Crippen LogP contribution in [0.5, 0.6) is 0 Å². The van der Waals surface area contributed by atoms with Gasteiger partial charge in [-0.2, -0.15) is 13.9 Å². The molecule has 2 aliphatic heterocycles. The van der Waals surface area contributed by atoms with Crippen molar-refractivity contribution in [1.29, 1.82) is 5.26 Å². The zero-order valence-electron chi connectivity index (χ0n) is 20.3. The van der Waals surface area contributed by atoms with E-state index in [-0.39, 0.29) is 55.7 Å². The fourth-order valence-electron chi connectivity index (χ4n) is 4.70. The van der Waals surface area contributed by atoms with Crippen molar-refractivity contribution >= 4 is 59.0 Å². The first-order chi connectivity index (χ1) is 18.0. The topological polar surface area (TPSA) is 145 Å². The van der Waals surface area contributed by atoms with Gasteiger partial charge >= 0.3 is 5.91 Å². The monoisotopic (exact) mass is 597 g/mol. The summed E-state index contributed by atoms with van der Waals surface area (Å²) in [7, 11) is -7.27. The molecule has 1 aromatic carbocycles. The van der Waals surface area contributed by atoms with Gasteiger partial charge in [0.15, 0.2) is 0 Å². The lowest BCUT2D eigenvalue weighted by molar-refractivity contribution is 0.0511. The number of nitrogens with zero attached hydrogens (tertiary/aromatic N) is 5. The smallest absolute Gasteiger partial charge is 0.310 e. The zero-order valence-corrected chi connectivity index (χ0v) is 23.5. The van der Waals surface area contributed by atoms with Crippen LogP contribution in [0.2, 0.25) is 5.02 Å². The summed E-state index contributed by atoms with van der Waals surface area (Å²) in [6.45, 7) is 0.421. The first kappa shape index (κ1) is 27.0. The van der Waals surface area contributed by atoms with E-state index in [1.807, 2.05) is 0 Å². The summed E-state index contributed by atoms with van der Waals surface area (Å²) in [5, 5.41) is 10.5. The van der Waals surface area contributed by atoms with Crippen molar-refractivity contribution in [3.8, 4) is 6.07 Å². The molecule has 0 bridgehead atoms. The van der Waals surface area contributed by atoms with Crippen molar-refractivity contribution < 1.29 is 26.0 Å². The first-order valence-corrected chi connectivity index (χ1v) is 16.3. The molecule has 0 radical (unpaired) electrons. The minimum Gasteiger partial charge on any atom is -0.436 e. The lowest BCUT2D eigenvalue weighted by Gasteiger charge is -2.39. The second-order valence-corrected chi connectivity index (χ2v) is 14.9. The average Bonchev–Trinajstić information content (AvgIpc) is 3.50. The summed E-state index contributed by atoms with van der Waals surface area (Å²) >= 11 is 7.19. The van der Waals surface area contributed by atoms with E-state index >= 15 is 0 Å². The van der Waals surface area contributed by atoms with E-state index in [1.165, 1.54) is 13.5 Å². The molecule has 3 aromatic rings. The molecule has 15 heteroatoms. The Balaban J connectivity index is 1.37. The molecular weight excluding hydrogens is 574 g/mol. The van der Waals surface area contributed by atoms with Gasteiger partial charge in [-0.25, -0.2) is 21.8 Å². The van der Waals surface area contributed by atoms with E-state index < -0.39 is 32.0 Å². The van der Waals surface area contributed by atoms with Crippen LogP contribution in [0.15, 0.2) is 32.9 Å². The third kappa shape index (κ3) is 5.18. The fraction of sp³-hybridized carbons (Fsp3) is 0.435. The van der Waals surface area contributed by atoms with Crippen molar-refractivity contribution in [3.05, 3.63) is 46.6 Å². The fourth-order valence-corrected chi connectivity index (χ4v) is 8.77. The zero-order chi connectivity index (χ0) is 27.2. The molecule has 1 amide bonds. The number of carbonyl (C=O) groups excluding carboxylic acids is 1. The highest BCUT2D eigenvalue weighted by molar-refractivity contribution is 7.91. The number of sulfonamides is 2. The predicted molar refractivity (Wildman–Crippen MR) is 141 cm³/mol. The van der Waals surface area contributed by atoms with Gasteiger partial charge in [-0.1, -0.05) is 17.7 Å². The second kappa shape index (κ2) is 10.2. The van der Waals surface area contributed by atoms with Crippen LogP contribution in [0, 0.1) is 11.3 Å². The summed E-state index contributed by atoms with van der Waals surface area (Å²) < 4.78 is 60.1. The normalized spacial score (nSPS) is 19.4. The molecule has 0 spiro atoms. The number of fused-ring (bicyclic) bond motifs is 2. The van der Waals surface area contributed by atoms with Crippen LogP contribution in [-0.2, 0) is 33.0 Å². The minimum atomic E-state index is -3.84. The standard InChI is InChI=1S/C23H24ClN5O6S3/c1-37(31,32)27-8-6-18-19(14-27)35-22(26-18)23(30)29-10-9-28(13-17(29)3-2-7-25)38(33,34)21-11-15-4-5-16(24)12-20(15)36-21/h4-5,11-12,17H,2-3,6,8-10,13-14H2,1H3. The van der Waals surface area contributed by atoms with Crippen LogP contribution in [0.3, 0.4) is 0 Å². The molecular formula is C23H24ClN5O6S3. The lowest BCUT2D eigenvalue weighted by Crippen LogP contribution is -2.56. The molecule has 0 aliphatic carbocycles. The van der Waals surface area contributed by atoms with Gasteiger partial charge in [0.1, 0.15) is 9.97 Å². The highest BCUT2D eigenvalue weighted by Crippen LogP contribution is 2.34. The van der Waals surface area contributed by atoms with Gasteiger partial charge in [0.2, 0.25) is 10.0 Å². The van der Waals surface area contributed by atoms with Gasteiger partial charge in [-0.05, 0) is 30.0 Å². The lowest BCUT2D eigenvalue weighted by atomic mass is 10.1. The van der Waals surface area contributed by atoms with Crippen LogP contribution in [0.25, 0.3) is 10.1 Å². The average molecular weight is 598 g/mol. The number of piperazine rings is 1. The maximum absolute atomic E-state index is 13.5. The summed E-state index contributed by atoms with van der Waals surface area (Å²) in [6, 6.07) is 8.31. The molecule has 2 aliphatic rings. The third-order valence-corrected chi connectivity index (χ3v) is 11.6. The Morgan fingerprint density at radius 1 is 1.21 bits per heavy atom. The number of carbonyl (C=O) groups is 1. The van der Waals surface area contributed by atoms with Crippen LogP contribution >= 0.6 is 22.9 Å². The van der Waals surface area contributed by atoms with Gasteiger partial charge in [0.05, 0.1) is 24.6 Å². The van der Waals surface area contributed by atoms with Gasteiger partial charge in [0.25, 0.3) is 15.9 Å². The van der Waals surface area contributed by atoms with Crippen LogP contribution < -0.4 is 0 Å². The Labute approximate surface area is 229 Å². The summed E-state index contributed by atoms with van der Waals surface area (Å²) in [6.07, 6.45) is 1.85. The highest BCUT2D eigenvalue weighted by Gasteiger charge is 2.39. The largest absolute Gasteiger partial charge is 0.436 e. The van der Waals surface area contributed by atoms with E-state index in [1.54, 1.807) is 24.3 Å². The summed E-state index contributed by atoms with van der Waals surface area (Å²) in [4.78, 5) is 19.2. The Morgan fingerprint density at radius 3 is 2.74 bits per heavy atom. The van der Waals surface area contributed by atoms with Crippen LogP contribution in [-0.4, -0.2) is 79.7 Å². The van der Waals surface area contributed by atoms with Gasteiger partial charge in [0, 0.05) is 54.8 Å². The number of thiophene rings is 1. The quantitative estimate of drug-likeness (QED) is 0.422. The molecule has 38 heavy (non-hydrogen) atoms. The molecule has 1 fully saturated rings. The molecule has 1 atom stereocenters. The number of amides is 1. The Hall–Kier alpha value is -2.54. The SMILES string of the molecule is CS(=O)(=O)N1CCc2nc(C(=O)N3CCN(S(=O)(=O)c4cc5ccc(Cl)cc5s4)CC3CCC#N)oc2C1. The third-order valence-electron chi connectivity index (χ3n) is 6.70. The van der Waals surface area contributed by atoms with Crippen molar-refractivity contribution in [3.63, 3.8) is 0 Å². The van der Waals surface area contributed by atoms with Crippen molar-refractivity contribution in [2.24, 2.45) is 0 Å². The van der Waals surface area contributed by atoms with Crippen molar-refractivity contribution in [2.75, 3.05) is 32.4 Å². The maximum atomic E-state index is 13.5. The Bertz CT molecular complexity index is 1660. The molecule has 5 rings (SSSR count). The number of rotatable bonds is 6. The number of hydrogen-bond donors (Lipinski definition) is 0. The summed E-state index contributed by atoms with van der Waals surface area (Å²) in [5.41, 5.74) is 0.535. The number of aromatic nitrogens is 1. The van der Waals surface area contributed by atoms with Gasteiger partial charge in [-0.3, -0.25) is 4.79 Å². The number of halogens is 1. The van der Waals surface area contributed by atoms with E-state index in [2.05, 4.69) is 11.1 Å². The van der Waals surface area contributed by atoms with E-state index in [0.29, 0.717) is 22.9 Å². The van der Waals surface area contributed by atoms with E-state index in [4.69, 9.17) is 21.3 Å². The van der Waals surface area contributed by atoms with Crippen molar-refractivity contribution in [2.45, 2.75) is 36.1 Å². The maximum Gasteiger partial charge on any atom is 0.310 e. The first-order valence-electron chi connectivity index (χ1n) is 11.8. The van der Waals surface area contributed by atoms with Crippen molar-refractivity contribution in [1.82, 2.24) is 18.5 Å². The number of benzene rings is 1. The molecule has 1 unspecified atom stereocenters. The number of hydrogen-bond acceptors (Lipinski definition) is 9. The molecule has 0 N–H and O–H groups in total. The minimum absolute atomic E-state index is 0.00128. The predicted octanol–water partition coefficient (Wildman–Crippen LogP) is 2.68. The van der Waals surface area contributed by atoms with Crippen LogP contribution in [0.1, 0.15) is 35.0 Å². The highest BCUT2D eigenvalue weighted by atomic mass is 35.5. The molecule has 1 saturated heterocycles. The number of oxazole rings is 1. The van der Waals surface area contributed by atoms with Gasteiger partial charge < -0.3 is 9.32 Å². The molecule has 11 nitrogen and oxygen atoms in total. The Kier molecular flexibility index (Phi) is 7.27. The Morgan fingerprint density at radius 2 is 2.00 bits per heavy atom. The van der Waals surface area contributed by atoms with Crippen LogP contribution in [0.4, 0.5) is 0 Å². The molecule has 0 saturated carbocycles. The van der Waals surface area contributed by atoms with Gasteiger partial charge in [-0.15, -0.1) is 11.3 Å². The second-order valence-electron chi connectivity index (χ2n) is 9.20. The molecule has 4 heterocycles. The number of nitriles is 1. The molecule has 202 valence electrons. The van der Waals surface area contributed by atoms with E-state index in [9.17, 15) is 21.6 Å². The molecule has 2 aromatic heterocycles. The van der Waals surface area contributed by atoms with E-state index in [0.717, 1.165) is 27.7 Å². The summed E-state index contributed by atoms with van der Waals surface area (Å²) in [5.74, 6) is -0.350.